The molecule has 152 valence electrons. The molecule has 0 heterocycles. The Morgan fingerprint density at radius 3 is 2.45 bits per heavy atom. The highest BCUT2D eigenvalue weighted by atomic mass is 32.2. The van der Waals surface area contributed by atoms with Crippen molar-refractivity contribution in [3.05, 3.63) is 63.7 Å². The Bertz CT molecular complexity index is 1110. The molecular weight excluding hydrogens is 390 g/mol. The van der Waals surface area contributed by atoms with Crippen molar-refractivity contribution in [2.75, 3.05) is 6.54 Å². The van der Waals surface area contributed by atoms with E-state index in [1.165, 1.54) is 31.2 Å². The number of nitrogens with one attached hydrogen (secondary N) is 1. The molecule has 29 heavy (non-hydrogen) atoms. The Morgan fingerprint density at radius 1 is 1.14 bits per heavy atom. The molecule has 7 heteroatoms. The number of carbonyl (C=O) groups excluding carboxylic acids is 2. The van der Waals surface area contributed by atoms with Crippen LogP contribution >= 0.6 is 0 Å². The lowest BCUT2D eigenvalue weighted by atomic mass is 9.92. The second-order valence-corrected chi connectivity index (χ2v) is 8.44. The van der Waals surface area contributed by atoms with Gasteiger partial charge >= 0.3 is 5.97 Å². The van der Waals surface area contributed by atoms with E-state index >= 15 is 0 Å². The molecule has 0 unspecified atom stereocenters. The number of sulfonamides is 1. The van der Waals surface area contributed by atoms with E-state index in [0.29, 0.717) is 5.56 Å². The highest BCUT2D eigenvalue weighted by molar-refractivity contribution is 7.89. The number of rotatable bonds is 7. The molecule has 0 bridgehead atoms. The maximum Gasteiger partial charge on any atom is 0.338 e. The van der Waals surface area contributed by atoms with Gasteiger partial charge in [-0.25, -0.2) is 13.2 Å². The van der Waals surface area contributed by atoms with Crippen molar-refractivity contribution in [1.29, 1.82) is 0 Å². The summed E-state index contributed by atoms with van der Waals surface area (Å²) < 4.78 is 32.0. The number of Topliss-reactive ketones (excluding diaryl/α,β-unsaturated/α-hetero) is 1. The van der Waals surface area contributed by atoms with Gasteiger partial charge in [0.15, 0.2) is 5.78 Å². The van der Waals surface area contributed by atoms with Gasteiger partial charge in [-0.3, -0.25) is 4.79 Å². The molecule has 0 aliphatic carbocycles. The second kappa shape index (κ2) is 9.03. The lowest BCUT2D eigenvalue weighted by Gasteiger charge is -2.16. The van der Waals surface area contributed by atoms with Crippen LogP contribution in [0.15, 0.2) is 35.2 Å². The minimum Gasteiger partial charge on any atom is -0.457 e. The van der Waals surface area contributed by atoms with Gasteiger partial charge in [0.05, 0.1) is 17.0 Å². The van der Waals surface area contributed by atoms with Gasteiger partial charge in [-0.05, 0) is 68.1 Å². The molecule has 0 saturated heterocycles. The summed E-state index contributed by atoms with van der Waals surface area (Å²) in [6.45, 7) is 6.90. The summed E-state index contributed by atoms with van der Waals surface area (Å²) in [5, 5.41) is 0. The molecule has 0 radical (unpaired) electrons. The van der Waals surface area contributed by atoms with Crippen molar-refractivity contribution < 1.29 is 22.7 Å². The standard InChI is InChI=1S/C22H23NO5S/c1-6-10-23-29(26,27)19-9-7-8-18(12-19)22(25)28-13-20-14(2)11-15(3)21(16(20)4)17(5)24/h1,7-9,11-12,23H,10,13H2,2-5H3. The van der Waals surface area contributed by atoms with Crippen LogP contribution in [0.1, 0.15) is 49.9 Å². The summed E-state index contributed by atoms with van der Waals surface area (Å²) in [5.41, 5.74) is 4.04. The molecule has 2 rings (SSSR count). The van der Waals surface area contributed by atoms with Crippen molar-refractivity contribution in [2.24, 2.45) is 0 Å². The molecule has 0 aliphatic heterocycles. The van der Waals surface area contributed by atoms with Gasteiger partial charge in [0.25, 0.3) is 0 Å². The number of hydrogen-bond acceptors (Lipinski definition) is 5. The van der Waals surface area contributed by atoms with Crippen LogP contribution in [-0.2, 0) is 21.4 Å². The molecule has 2 aromatic carbocycles. The first-order chi connectivity index (χ1) is 13.6. The minimum atomic E-state index is -3.82. The summed E-state index contributed by atoms with van der Waals surface area (Å²) in [6, 6.07) is 7.41. The van der Waals surface area contributed by atoms with Crippen molar-refractivity contribution in [2.45, 2.75) is 39.2 Å². The quantitative estimate of drug-likeness (QED) is 0.428. The number of hydrogen-bond donors (Lipinski definition) is 1. The van der Waals surface area contributed by atoms with E-state index in [1.54, 1.807) is 0 Å². The van der Waals surface area contributed by atoms with E-state index in [9.17, 15) is 18.0 Å². The highest BCUT2D eigenvalue weighted by Gasteiger charge is 2.18. The molecule has 0 saturated carbocycles. The first kappa shape index (κ1) is 22.3. The number of aryl methyl sites for hydroxylation is 2. The maximum atomic E-state index is 12.5. The van der Waals surface area contributed by atoms with Crippen molar-refractivity contribution in [3.8, 4) is 12.3 Å². The Balaban J connectivity index is 2.25. The fraction of sp³-hybridized carbons (Fsp3) is 0.273. The van der Waals surface area contributed by atoms with Gasteiger partial charge < -0.3 is 4.74 Å². The zero-order chi connectivity index (χ0) is 21.8. The molecule has 0 aliphatic rings. The molecule has 0 amide bonds. The lowest BCUT2D eigenvalue weighted by Crippen LogP contribution is -2.24. The molecule has 2 aromatic rings. The number of ether oxygens (including phenoxy) is 1. The van der Waals surface area contributed by atoms with Crippen LogP contribution in [0.5, 0.6) is 0 Å². The third-order valence-electron chi connectivity index (χ3n) is 4.57. The number of terminal acetylenes is 1. The van der Waals surface area contributed by atoms with E-state index in [1.807, 2.05) is 26.8 Å². The first-order valence-corrected chi connectivity index (χ1v) is 10.4. The Labute approximate surface area is 171 Å². The number of esters is 1. The predicted molar refractivity (Wildman–Crippen MR) is 110 cm³/mol. The van der Waals surface area contributed by atoms with Crippen molar-refractivity contribution >= 4 is 21.8 Å². The van der Waals surface area contributed by atoms with Crippen LogP contribution in [0.2, 0.25) is 0 Å². The third-order valence-corrected chi connectivity index (χ3v) is 5.97. The van der Waals surface area contributed by atoms with Gasteiger partial charge in [0.2, 0.25) is 10.0 Å². The van der Waals surface area contributed by atoms with Crippen molar-refractivity contribution in [3.63, 3.8) is 0 Å². The smallest absolute Gasteiger partial charge is 0.338 e. The zero-order valence-electron chi connectivity index (χ0n) is 16.8. The summed E-state index contributed by atoms with van der Waals surface area (Å²) in [6.07, 6.45) is 5.08. The number of ketones is 1. The molecule has 0 atom stereocenters. The summed E-state index contributed by atoms with van der Waals surface area (Å²) in [5.74, 6) is 1.48. The third kappa shape index (κ3) is 5.11. The van der Waals surface area contributed by atoms with Crippen LogP contribution in [0, 0.1) is 33.1 Å². The average Bonchev–Trinajstić information content (AvgIpc) is 2.65. The fourth-order valence-electron chi connectivity index (χ4n) is 3.22. The van der Waals surface area contributed by atoms with E-state index in [-0.39, 0.29) is 29.4 Å². The largest absolute Gasteiger partial charge is 0.457 e. The maximum absolute atomic E-state index is 12.5. The molecule has 0 spiro atoms. The van der Waals surface area contributed by atoms with Gasteiger partial charge in [0.1, 0.15) is 6.61 Å². The first-order valence-electron chi connectivity index (χ1n) is 8.89. The monoisotopic (exact) mass is 413 g/mol. The Morgan fingerprint density at radius 2 is 1.83 bits per heavy atom. The molecule has 6 nitrogen and oxygen atoms in total. The van der Waals surface area contributed by atoms with Crippen LogP contribution in [0.25, 0.3) is 0 Å². The normalized spacial score (nSPS) is 11.0. The highest BCUT2D eigenvalue weighted by Crippen LogP contribution is 2.24. The SMILES string of the molecule is C#CCNS(=O)(=O)c1cccc(C(=O)OCc2c(C)cc(C)c(C(C)=O)c2C)c1. The summed E-state index contributed by atoms with van der Waals surface area (Å²) >= 11 is 0. The predicted octanol–water partition coefficient (Wildman–Crippen LogP) is 3.08. The van der Waals surface area contributed by atoms with Crippen LogP contribution < -0.4 is 4.72 Å². The number of carbonyl (C=O) groups is 2. The molecule has 1 N–H and O–H groups in total. The fourth-order valence-corrected chi connectivity index (χ4v) is 4.20. The van der Waals surface area contributed by atoms with E-state index < -0.39 is 16.0 Å². The zero-order valence-corrected chi connectivity index (χ0v) is 17.6. The van der Waals surface area contributed by atoms with Gasteiger partial charge in [0, 0.05) is 5.56 Å². The van der Waals surface area contributed by atoms with E-state index in [4.69, 9.17) is 11.2 Å². The summed E-state index contributed by atoms with van der Waals surface area (Å²) in [4.78, 5) is 24.3. The summed E-state index contributed by atoms with van der Waals surface area (Å²) in [7, 11) is -3.82. The van der Waals surface area contributed by atoms with Gasteiger partial charge in [-0.2, -0.15) is 4.72 Å². The Kier molecular flexibility index (Phi) is 6.96. The second-order valence-electron chi connectivity index (χ2n) is 6.68. The Hall–Kier alpha value is -2.95. The van der Waals surface area contributed by atoms with Gasteiger partial charge in [-0.1, -0.05) is 18.1 Å². The van der Waals surface area contributed by atoms with Crippen LogP contribution in [-0.4, -0.2) is 26.7 Å². The minimum absolute atomic E-state index is 0.0244. The van der Waals surface area contributed by atoms with E-state index in [2.05, 4.69) is 10.6 Å². The molecule has 0 aromatic heterocycles. The topological polar surface area (TPSA) is 89.5 Å². The lowest BCUT2D eigenvalue weighted by molar-refractivity contribution is 0.0471. The van der Waals surface area contributed by atoms with E-state index in [0.717, 1.165) is 22.3 Å². The van der Waals surface area contributed by atoms with Gasteiger partial charge in [-0.15, -0.1) is 6.42 Å². The number of benzene rings is 2. The van der Waals surface area contributed by atoms with Crippen LogP contribution in [0.4, 0.5) is 0 Å². The average molecular weight is 413 g/mol. The molecular formula is C22H23NO5S. The van der Waals surface area contributed by atoms with Crippen LogP contribution in [0.3, 0.4) is 0 Å². The molecule has 0 fully saturated rings. The van der Waals surface area contributed by atoms with Crippen molar-refractivity contribution in [1.82, 2.24) is 4.72 Å².